The topological polar surface area (TPSA) is 39.7 Å². The van der Waals surface area contributed by atoms with E-state index in [-0.39, 0.29) is 0 Å². The first kappa shape index (κ1) is 17.4. The summed E-state index contributed by atoms with van der Waals surface area (Å²) in [4.78, 5) is 0. The Morgan fingerprint density at radius 1 is 1.32 bits per heavy atom. The van der Waals surface area contributed by atoms with Crippen LogP contribution in [0.3, 0.4) is 0 Å². The highest BCUT2D eigenvalue weighted by atomic mass is 35.5. The molecule has 1 aromatic rings. The molecule has 0 amide bonds. The largest absolute Gasteiger partial charge is 0.493 e. The Balaban J connectivity index is 1.95. The molecule has 2 atom stereocenters. The van der Waals surface area contributed by atoms with Crippen molar-refractivity contribution in [2.75, 3.05) is 27.4 Å². The van der Waals surface area contributed by atoms with Crippen molar-refractivity contribution in [3.05, 3.63) is 22.7 Å². The summed E-state index contributed by atoms with van der Waals surface area (Å²) in [6.45, 7) is 6.95. The standard InChI is InChI=1S/C17H26ClNO3/c1-11(2)16-13(7-8-22-16)10-19-9-12-5-6-14(20-3)17(21-4)15(12)18/h5-6,11,13,16,19H,7-10H2,1-4H3/t13-,16-/m1/s1. The maximum Gasteiger partial charge on any atom is 0.179 e. The van der Waals surface area contributed by atoms with E-state index in [1.807, 2.05) is 12.1 Å². The second-order valence-electron chi connectivity index (χ2n) is 6.03. The number of hydrogen-bond donors (Lipinski definition) is 1. The molecule has 5 heteroatoms. The van der Waals surface area contributed by atoms with Crippen molar-refractivity contribution in [3.8, 4) is 11.5 Å². The highest BCUT2D eigenvalue weighted by molar-refractivity contribution is 6.33. The van der Waals surface area contributed by atoms with Crippen LogP contribution in [0, 0.1) is 11.8 Å². The summed E-state index contributed by atoms with van der Waals surface area (Å²) in [7, 11) is 3.21. The number of hydrogen-bond acceptors (Lipinski definition) is 4. The molecule has 124 valence electrons. The highest BCUT2D eigenvalue weighted by Gasteiger charge is 2.30. The van der Waals surface area contributed by atoms with Crippen molar-refractivity contribution >= 4 is 11.6 Å². The molecule has 1 aromatic carbocycles. The molecule has 0 spiro atoms. The zero-order valence-electron chi connectivity index (χ0n) is 13.8. The summed E-state index contributed by atoms with van der Waals surface area (Å²) in [5.74, 6) is 2.37. The lowest BCUT2D eigenvalue weighted by molar-refractivity contribution is 0.0539. The van der Waals surface area contributed by atoms with E-state index in [2.05, 4.69) is 19.2 Å². The van der Waals surface area contributed by atoms with Crippen molar-refractivity contribution in [2.24, 2.45) is 11.8 Å². The molecule has 0 radical (unpaired) electrons. The number of ether oxygens (including phenoxy) is 3. The van der Waals surface area contributed by atoms with E-state index in [0.29, 0.717) is 41.0 Å². The van der Waals surface area contributed by atoms with E-state index in [1.54, 1.807) is 14.2 Å². The average molecular weight is 328 g/mol. The summed E-state index contributed by atoms with van der Waals surface area (Å²) >= 11 is 6.40. The normalized spacial score (nSPS) is 21.4. The maximum atomic E-state index is 6.40. The van der Waals surface area contributed by atoms with Gasteiger partial charge in [0.2, 0.25) is 0 Å². The van der Waals surface area contributed by atoms with Gasteiger partial charge in [0.15, 0.2) is 11.5 Å². The zero-order valence-corrected chi connectivity index (χ0v) is 14.6. The minimum absolute atomic E-state index is 0.355. The van der Waals surface area contributed by atoms with Gasteiger partial charge in [0.25, 0.3) is 0 Å². The van der Waals surface area contributed by atoms with Crippen LogP contribution in [-0.2, 0) is 11.3 Å². The molecule has 1 saturated heterocycles. The molecule has 0 bridgehead atoms. The first-order valence-electron chi connectivity index (χ1n) is 7.80. The smallest absolute Gasteiger partial charge is 0.179 e. The summed E-state index contributed by atoms with van der Waals surface area (Å²) in [5.41, 5.74) is 1.01. The molecule has 0 saturated carbocycles. The quantitative estimate of drug-likeness (QED) is 0.832. The van der Waals surface area contributed by atoms with Gasteiger partial charge >= 0.3 is 0 Å². The minimum atomic E-state index is 0.355. The fourth-order valence-corrected chi connectivity index (χ4v) is 3.37. The summed E-state index contributed by atoms with van der Waals surface area (Å²) in [6.07, 6.45) is 1.48. The molecule has 1 aliphatic heterocycles. The number of methoxy groups -OCH3 is 2. The summed E-state index contributed by atoms with van der Waals surface area (Å²) in [6, 6.07) is 3.86. The SMILES string of the molecule is COc1ccc(CNC[C@H]2CCO[C@@H]2C(C)C)c(Cl)c1OC. The lowest BCUT2D eigenvalue weighted by Gasteiger charge is -2.22. The van der Waals surface area contributed by atoms with Gasteiger partial charge in [0.1, 0.15) is 0 Å². The second-order valence-corrected chi connectivity index (χ2v) is 6.41. The minimum Gasteiger partial charge on any atom is -0.493 e. The molecular weight excluding hydrogens is 302 g/mol. The molecule has 1 aliphatic rings. The predicted molar refractivity (Wildman–Crippen MR) is 88.9 cm³/mol. The van der Waals surface area contributed by atoms with Crippen LogP contribution < -0.4 is 14.8 Å². The van der Waals surface area contributed by atoms with Crippen LogP contribution in [0.2, 0.25) is 5.02 Å². The predicted octanol–water partition coefficient (Wildman–Crippen LogP) is 3.51. The van der Waals surface area contributed by atoms with E-state index in [0.717, 1.165) is 25.1 Å². The van der Waals surface area contributed by atoms with Crippen LogP contribution in [0.15, 0.2) is 12.1 Å². The lowest BCUT2D eigenvalue weighted by atomic mass is 9.93. The molecule has 22 heavy (non-hydrogen) atoms. The Kier molecular flexibility index (Phi) is 6.36. The third-order valence-electron chi connectivity index (χ3n) is 4.21. The van der Waals surface area contributed by atoms with Crippen LogP contribution in [0.4, 0.5) is 0 Å². The van der Waals surface area contributed by atoms with Crippen molar-refractivity contribution in [1.29, 1.82) is 0 Å². The second kappa shape index (κ2) is 8.04. The van der Waals surface area contributed by atoms with E-state index < -0.39 is 0 Å². The van der Waals surface area contributed by atoms with Crippen LogP contribution in [0.1, 0.15) is 25.8 Å². The molecule has 4 nitrogen and oxygen atoms in total. The molecular formula is C17H26ClNO3. The molecule has 0 aromatic heterocycles. The monoisotopic (exact) mass is 327 g/mol. The third-order valence-corrected chi connectivity index (χ3v) is 4.62. The van der Waals surface area contributed by atoms with Gasteiger partial charge in [-0.1, -0.05) is 31.5 Å². The molecule has 1 heterocycles. The van der Waals surface area contributed by atoms with Gasteiger partial charge in [-0.2, -0.15) is 0 Å². The Labute approximate surface area is 138 Å². The van der Waals surface area contributed by atoms with Gasteiger partial charge in [-0.15, -0.1) is 0 Å². The fraction of sp³-hybridized carbons (Fsp3) is 0.647. The van der Waals surface area contributed by atoms with E-state index in [9.17, 15) is 0 Å². The Bertz CT molecular complexity index is 493. The Morgan fingerprint density at radius 2 is 2.09 bits per heavy atom. The Hall–Kier alpha value is -0.970. The van der Waals surface area contributed by atoms with Crippen LogP contribution >= 0.6 is 11.6 Å². The lowest BCUT2D eigenvalue weighted by Crippen LogP contribution is -2.31. The van der Waals surface area contributed by atoms with Crippen molar-refractivity contribution in [1.82, 2.24) is 5.32 Å². The van der Waals surface area contributed by atoms with E-state index >= 15 is 0 Å². The van der Waals surface area contributed by atoms with Gasteiger partial charge in [-0.3, -0.25) is 0 Å². The molecule has 1 fully saturated rings. The van der Waals surface area contributed by atoms with Gasteiger partial charge in [-0.05, 0) is 29.9 Å². The third kappa shape index (κ3) is 3.86. The molecule has 0 unspecified atom stereocenters. The van der Waals surface area contributed by atoms with Crippen LogP contribution in [-0.4, -0.2) is 33.5 Å². The molecule has 2 rings (SSSR count). The van der Waals surface area contributed by atoms with Crippen LogP contribution in [0.5, 0.6) is 11.5 Å². The zero-order chi connectivity index (χ0) is 16.1. The number of halogens is 1. The first-order chi connectivity index (χ1) is 10.6. The van der Waals surface area contributed by atoms with Gasteiger partial charge in [0, 0.05) is 19.7 Å². The van der Waals surface area contributed by atoms with Gasteiger partial charge < -0.3 is 19.5 Å². The van der Waals surface area contributed by atoms with Crippen molar-refractivity contribution < 1.29 is 14.2 Å². The van der Waals surface area contributed by atoms with Crippen molar-refractivity contribution in [2.45, 2.75) is 32.9 Å². The van der Waals surface area contributed by atoms with Gasteiger partial charge in [-0.25, -0.2) is 0 Å². The van der Waals surface area contributed by atoms with Crippen molar-refractivity contribution in [3.63, 3.8) is 0 Å². The Morgan fingerprint density at radius 3 is 2.73 bits per heavy atom. The number of nitrogens with one attached hydrogen (secondary N) is 1. The highest BCUT2D eigenvalue weighted by Crippen LogP contribution is 2.37. The average Bonchev–Trinajstić information content (AvgIpc) is 2.97. The van der Waals surface area contributed by atoms with Crippen LogP contribution in [0.25, 0.3) is 0 Å². The maximum absolute atomic E-state index is 6.40. The number of rotatable bonds is 7. The number of benzene rings is 1. The summed E-state index contributed by atoms with van der Waals surface area (Å²) in [5, 5.41) is 4.11. The van der Waals surface area contributed by atoms with Gasteiger partial charge in [0.05, 0.1) is 25.3 Å². The summed E-state index contributed by atoms with van der Waals surface area (Å²) < 4.78 is 16.4. The fourth-order valence-electron chi connectivity index (χ4n) is 3.07. The molecule has 1 N–H and O–H groups in total. The molecule has 0 aliphatic carbocycles. The van der Waals surface area contributed by atoms with E-state index in [4.69, 9.17) is 25.8 Å². The van der Waals surface area contributed by atoms with E-state index in [1.165, 1.54) is 0 Å². The first-order valence-corrected chi connectivity index (χ1v) is 8.18.